The van der Waals surface area contributed by atoms with Crippen molar-refractivity contribution in [3.05, 3.63) is 54.1 Å². The first-order chi connectivity index (χ1) is 11.5. The number of para-hydroxylation sites is 2. The summed E-state index contributed by atoms with van der Waals surface area (Å²) in [5.41, 5.74) is 2.52. The van der Waals surface area contributed by atoms with Gasteiger partial charge in [-0.05, 0) is 36.8 Å². The first-order valence-corrected chi connectivity index (χ1v) is 7.38. The SMILES string of the molecule is Cc1cccc(NC(=O)NC2C(=O)Nc3ccccc3NC2=O)c1. The van der Waals surface area contributed by atoms with Gasteiger partial charge in [0.05, 0.1) is 11.4 Å². The molecule has 0 unspecified atom stereocenters. The molecule has 7 nitrogen and oxygen atoms in total. The van der Waals surface area contributed by atoms with Gasteiger partial charge in [0.15, 0.2) is 6.04 Å². The summed E-state index contributed by atoms with van der Waals surface area (Å²) in [4.78, 5) is 36.5. The maximum absolute atomic E-state index is 12.2. The smallest absolute Gasteiger partial charge is 0.320 e. The van der Waals surface area contributed by atoms with Crippen molar-refractivity contribution in [2.75, 3.05) is 16.0 Å². The minimum absolute atomic E-state index is 0.485. The zero-order valence-corrected chi connectivity index (χ0v) is 12.9. The van der Waals surface area contributed by atoms with Crippen LogP contribution in [0.25, 0.3) is 0 Å². The average molecular weight is 324 g/mol. The van der Waals surface area contributed by atoms with Crippen LogP contribution in [-0.4, -0.2) is 23.9 Å². The Morgan fingerprint density at radius 3 is 2.17 bits per heavy atom. The summed E-state index contributed by atoms with van der Waals surface area (Å²) in [5, 5.41) is 10.2. The molecule has 0 saturated heterocycles. The summed E-state index contributed by atoms with van der Waals surface area (Å²) in [5.74, 6) is -1.20. The van der Waals surface area contributed by atoms with E-state index in [9.17, 15) is 14.4 Å². The fourth-order valence-corrected chi connectivity index (χ4v) is 2.38. The molecule has 7 heteroatoms. The molecule has 2 aromatic rings. The fraction of sp³-hybridized carbons (Fsp3) is 0.118. The summed E-state index contributed by atoms with van der Waals surface area (Å²) < 4.78 is 0. The van der Waals surface area contributed by atoms with Gasteiger partial charge in [0.1, 0.15) is 0 Å². The molecule has 4 N–H and O–H groups in total. The molecule has 0 fully saturated rings. The van der Waals surface area contributed by atoms with E-state index >= 15 is 0 Å². The second-order valence-electron chi connectivity index (χ2n) is 5.43. The molecule has 4 amide bonds. The van der Waals surface area contributed by atoms with Crippen LogP contribution in [0.15, 0.2) is 48.5 Å². The molecule has 1 aliphatic heterocycles. The molecule has 1 heterocycles. The highest BCUT2D eigenvalue weighted by atomic mass is 16.2. The van der Waals surface area contributed by atoms with Gasteiger partial charge in [-0.25, -0.2) is 4.79 Å². The van der Waals surface area contributed by atoms with Crippen LogP contribution in [0.1, 0.15) is 5.56 Å². The predicted molar refractivity (Wildman–Crippen MR) is 90.8 cm³/mol. The van der Waals surface area contributed by atoms with Crippen molar-refractivity contribution in [3.63, 3.8) is 0 Å². The third-order valence-corrected chi connectivity index (χ3v) is 3.52. The molecule has 3 rings (SSSR count). The topological polar surface area (TPSA) is 99.3 Å². The van der Waals surface area contributed by atoms with Crippen molar-refractivity contribution in [2.45, 2.75) is 13.0 Å². The van der Waals surface area contributed by atoms with E-state index in [2.05, 4.69) is 21.3 Å². The van der Waals surface area contributed by atoms with Crippen LogP contribution in [0, 0.1) is 6.92 Å². The molecule has 0 atom stereocenters. The zero-order valence-electron chi connectivity index (χ0n) is 12.9. The third kappa shape index (κ3) is 3.35. The number of anilines is 3. The number of urea groups is 1. The highest BCUT2D eigenvalue weighted by Gasteiger charge is 2.32. The molecule has 24 heavy (non-hydrogen) atoms. The Labute approximate surface area is 138 Å². The second kappa shape index (κ2) is 6.41. The van der Waals surface area contributed by atoms with Crippen LogP contribution < -0.4 is 21.3 Å². The molecule has 0 radical (unpaired) electrons. The minimum atomic E-state index is -1.33. The Morgan fingerprint density at radius 2 is 1.58 bits per heavy atom. The number of hydrogen-bond donors (Lipinski definition) is 4. The summed E-state index contributed by atoms with van der Waals surface area (Å²) in [6.45, 7) is 1.90. The van der Waals surface area contributed by atoms with Crippen LogP contribution in [0.4, 0.5) is 21.9 Å². The van der Waals surface area contributed by atoms with Crippen LogP contribution in [-0.2, 0) is 9.59 Å². The minimum Gasteiger partial charge on any atom is -0.322 e. The van der Waals surface area contributed by atoms with Gasteiger partial charge in [-0.2, -0.15) is 0 Å². The Hall–Kier alpha value is -3.35. The number of nitrogens with one attached hydrogen (secondary N) is 4. The van der Waals surface area contributed by atoms with Crippen molar-refractivity contribution < 1.29 is 14.4 Å². The highest BCUT2D eigenvalue weighted by Crippen LogP contribution is 2.23. The Bertz CT molecular complexity index is 782. The van der Waals surface area contributed by atoms with Crippen LogP contribution in [0.5, 0.6) is 0 Å². The van der Waals surface area contributed by atoms with E-state index in [1.807, 2.05) is 13.0 Å². The summed E-state index contributed by atoms with van der Waals surface area (Å²) >= 11 is 0. The van der Waals surface area contributed by atoms with E-state index < -0.39 is 23.9 Å². The van der Waals surface area contributed by atoms with Crippen LogP contribution >= 0.6 is 0 Å². The number of rotatable bonds is 2. The summed E-state index contributed by atoms with van der Waals surface area (Å²) in [7, 11) is 0. The molecule has 122 valence electrons. The van der Waals surface area contributed by atoms with Crippen LogP contribution in [0.2, 0.25) is 0 Å². The van der Waals surface area contributed by atoms with Crippen molar-refractivity contribution in [1.82, 2.24) is 5.32 Å². The lowest BCUT2D eigenvalue weighted by atomic mass is 10.2. The van der Waals surface area contributed by atoms with Gasteiger partial charge in [0.2, 0.25) is 0 Å². The molecule has 0 bridgehead atoms. The Morgan fingerprint density at radius 1 is 0.958 bits per heavy atom. The normalized spacial score (nSPS) is 14.0. The summed E-state index contributed by atoms with van der Waals surface area (Å²) in [6.07, 6.45) is 0. The standard InChI is InChI=1S/C17H16N4O3/c1-10-5-4-6-11(9-10)18-17(24)21-14-15(22)19-12-7-2-3-8-13(12)20-16(14)23/h2-9,14H,1H3,(H,19,22)(H,20,23)(H2,18,21,24). The molecule has 0 spiro atoms. The van der Waals surface area contributed by atoms with Gasteiger partial charge in [-0.3, -0.25) is 9.59 Å². The Kier molecular flexibility index (Phi) is 4.15. The van der Waals surface area contributed by atoms with Crippen molar-refractivity contribution >= 4 is 34.9 Å². The fourth-order valence-electron chi connectivity index (χ4n) is 2.38. The number of amides is 4. The third-order valence-electron chi connectivity index (χ3n) is 3.52. The largest absolute Gasteiger partial charge is 0.322 e. The van der Waals surface area contributed by atoms with Crippen molar-refractivity contribution in [1.29, 1.82) is 0 Å². The number of carbonyl (C=O) groups is 3. The van der Waals surface area contributed by atoms with Gasteiger partial charge < -0.3 is 21.3 Å². The van der Waals surface area contributed by atoms with E-state index in [1.54, 1.807) is 42.5 Å². The van der Waals surface area contributed by atoms with Gasteiger partial charge in [0, 0.05) is 5.69 Å². The maximum atomic E-state index is 12.2. The first kappa shape index (κ1) is 15.5. The Balaban J connectivity index is 1.71. The van der Waals surface area contributed by atoms with E-state index in [0.29, 0.717) is 17.1 Å². The van der Waals surface area contributed by atoms with E-state index in [4.69, 9.17) is 0 Å². The summed E-state index contributed by atoms with van der Waals surface area (Å²) in [6, 6.07) is 12.0. The molecule has 0 aromatic heterocycles. The zero-order chi connectivity index (χ0) is 17.1. The predicted octanol–water partition coefficient (Wildman–Crippen LogP) is 2.08. The molecule has 0 saturated carbocycles. The van der Waals surface area contributed by atoms with Gasteiger partial charge in [-0.1, -0.05) is 24.3 Å². The molecule has 0 aliphatic carbocycles. The second-order valence-corrected chi connectivity index (χ2v) is 5.43. The highest BCUT2D eigenvalue weighted by molar-refractivity contribution is 6.20. The molecular formula is C17H16N4O3. The first-order valence-electron chi connectivity index (χ1n) is 7.38. The van der Waals surface area contributed by atoms with Crippen molar-refractivity contribution in [3.8, 4) is 0 Å². The maximum Gasteiger partial charge on any atom is 0.320 e. The van der Waals surface area contributed by atoms with Crippen molar-refractivity contribution in [2.24, 2.45) is 0 Å². The molecule has 1 aliphatic rings. The van der Waals surface area contributed by atoms with E-state index in [0.717, 1.165) is 5.56 Å². The lowest BCUT2D eigenvalue weighted by Gasteiger charge is -2.15. The number of carbonyl (C=O) groups excluding carboxylic acids is 3. The quantitative estimate of drug-likeness (QED) is 0.636. The molecular weight excluding hydrogens is 308 g/mol. The van der Waals surface area contributed by atoms with Gasteiger partial charge >= 0.3 is 6.03 Å². The van der Waals surface area contributed by atoms with E-state index in [-0.39, 0.29) is 0 Å². The van der Waals surface area contributed by atoms with E-state index in [1.165, 1.54) is 0 Å². The number of benzene rings is 2. The monoisotopic (exact) mass is 324 g/mol. The number of aryl methyl sites for hydroxylation is 1. The number of hydrogen-bond acceptors (Lipinski definition) is 3. The average Bonchev–Trinajstić information content (AvgIpc) is 2.65. The lowest BCUT2D eigenvalue weighted by molar-refractivity contribution is -0.126. The van der Waals surface area contributed by atoms with Crippen LogP contribution in [0.3, 0.4) is 0 Å². The lowest BCUT2D eigenvalue weighted by Crippen LogP contribution is -2.51. The van der Waals surface area contributed by atoms with Gasteiger partial charge in [0.25, 0.3) is 11.8 Å². The molecule has 2 aromatic carbocycles. The number of fused-ring (bicyclic) bond motifs is 1. The van der Waals surface area contributed by atoms with Gasteiger partial charge in [-0.15, -0.1) is 0 Å².